The summed E-state index contributed by atoms with van der Waals surface area (Å²) < 4.78 is 10.2. The van der Waals surface area contributed by atoms with Crippen molar-refractivity contribution in [2.45, 2.75) is 25.9 Å². The summed E-state index contributed by atoms with van der Waals surface area (Å²) >= 11 is 1.69. The summed E-state index contributed by atoms with van der Waals surface area (Å²) in [5.74, 6) is 1.35. The van der Waals surface area contributed by atoms with Crippen molar-refractivity contribution in [2.24, 2.45) is 0 Å². The Morgan fingerprint density at radius 2 is 2.44 bits per heavy atom. The van der Waals surface area contributed by atoms with Crippen LogP contribution in [0.1, 0.15) is 23.5 Å². The lowest BCUT2D eigenvalue weighted by Crippen LogP contribution is -2.29. The molecule has 0 spiro atoms. The fourth-order valence-electron chi connectivity index (χ4n) is 1.57. The van der Waals surface area contributed by atoms with Gasteiger partial charge in [0.2, 0.25) is 5.89 Å². The third kappa shape index (κ3) is 3.90. The molecule has 0 saturated carbocycles. The normalized spacial score (nSPS) is 12.8. The maximum atomic E-state index is 5.20. The van der Waals surface area contributed by atoms with Crippen molar-refractivity contribution in [3.05, 3.63) is 34.1 Å². The highest BCUT2D eigenvalue weighted by molar-refractivity contribution is 7.09. The zero-order valence-electron chi connectivity index (χ0n) is 10.5. The lowest BCUT2D eigenvalue weighted by Gasteiger charge is -2.09. The molecule has 0 saturated heterocycles. The molecule has 0 aliphatic carbocycles. The van der Waals surface area contributed by atoms with Crippen LogP contribution in [0.25, 0.3) is 0 Å². The summed E-state index contributed by atoms with van der Waals surface area (Å²) in [4.78, 5) is 5.57. The molecule has 2 rings (SSSR count). The predicted molar refractivity (Wildman–Crippen MR) is 69.6 cm³/mol. The van der Waals surface area contributed by atoms with Crippen molar-refractivity contribution in [3.63, 3.8) is 0 Å². The standard InChI is InChI=1S/C12H17N3O2S/c1-9(8-16-2)13-7-11-14-12(17-15-11)6-10-4-3-5-18-10/h3-5,9,13H,6-8H2,1-2H3/t9-/m1/s1. The first-order valence-corrected chi connectivity index (χ1v) is 6.72. The summed E-state index contributed by atoms with van der Waals surface area (Å²) in [6.45, 7) is 3.31. The van der Waals surface area contributed by atoms with Crippen LogP contribution in [0.4, 0.5) is 0 Å². The Bertz CT molecular complexity index is 456. The molecule has 0 amide bonds. The molecule has 0 aromatic carbocycles. The minimum atomic E-state index is 0.272. The number of methoxy groups -OCH3 is 1. The molecule has 2 heterocycles. The average molecular weight is 267 g/mol. The van der Waals surface area contributed by atoms with E-state index in [2.05, 4.69) is 28.4 Å². The highest BCUT2D eigenvalue weighted by Gasteiger charge is 2.08. The highest BCUT2D eigenvalue weighted by atomic mass is 32.1. The van der Waals surface area contributed by atoms with Gasteiger partial charge >= 0.3 is 0 Å². The summed E-state index contributed by atoms with van der Waals surface area (Å²) in [5.41, 5.74) is 0. The van der Waals surface area contributed by atoms with Gasteiger partial charge in [-0.1, -0.05) is 11.2 Å². The fraction of sp³-hybridized carbons (Fsp3) is 0.500. The van der Waals surface area contributed by atoms with Crippen molar-refractivity contribution in [3.8, 4) is 0 Å². The maximum Gasteiger partial charge on any atom is 0.231 e. The van der Waals surface area contributed by atoms with Gasteiger partial charge in [-0.2, -0.15) is 4.98 Å². The third-order valence-electron chi connectivity index (χ3n) is 2.44. The number of thiophene rings is 1. The second-order valence-electron chi connectivity index (χ2n) is 4.10. The Kier molecular flexibility index (Phi) is 4.86. The fourth-order valence-corrected chi connectivity index (χ4v) is 2.27. The molecule has 1 atom stereocenters. The molecule has 1 N–H and O–H groups in total. The Balaban J connectivity index is 1.82. The van der Waals surface area contributed by atoms with E-state index in [1.807, 2.05) is 11.4 Å². The van der Waals surface area contributed by atoms with Gasteiger partial charge in [0.05, 0.1) is 19.6 Å². The van der Waals surface area contributed by atoms with E-state index in [1.54, 1.807) is 18.4 Å². The number of hydrogen-bond donors (Lipinski definition) is 1. The molecule has 0 radical (unpaired) electrons. The van der Waals surface area contributed by atoms with Gasteiger partial charge in [-0.15, -0.1) is 11.3 Å². The molecule has 0 aliphatic rings. The lowest BCUT2D eigenvalue weighted by atomic mass is 10.3. The first-order valence-electron chi connectivity index (χ1n) is 5.84. The number of aromatic nitrogens is 2. The summed E-state index contributed by atoms with van der Waals surface area (Å²) in [7, 11) is 1.69. The van der Waals surface area contributed by atoms with E-state index < -0.39 is 0 Å². The Morgan fingerprint density at radius 1 is 1.56 bits per heavy atom. The third-order valence-corrected chi connectivity index (χ3v) is 3.32. The number of rotatable bonds is 7. The van der Waals surface area contributed by atoms with Crippen LogP contribution >= 0.6 is 11.3 Å². The monoisotopic (exact) mass is 267 g/mol. The predicted octanol–water partition coefficient (Wildman–Crippen LogP) is 1.85. The molecule has 0 fully saturated rings. The van der Waals surface area contributed by atoms with E-state index in [1.165, 1.54) is 4.88 Å². The van der Waals surface area contributed by atoms with Crippen molar-refractivity contribution in [1.82, 2.24) is 15.5 Å². The SMILES string of the molecule is COC[C@@H](C)NCc1noc(Cc2cccs2)n1. The largest absolute Gasteiger partial charge is 0.383 e. The van der Waals surface area contributed by atoms with Crippen LogP contribution in [0.5, 0.6) is 0 Å². The molecule has 0 unspecified atom stereocenters. The van der Waals surface area contributed by atoms with Gasteiger partial charge in [0.15, 0.2) is 5.82 Å². The summed E-state index contributed by atoms with van der Waals surface area (Å²) in [6.07, 6.45) is 0.707. The number of hydrogen-bond acceptors (Lipinski definition) is 6. The molecular formula is C12H17N3O2S. The lowest BCUT2D eigenvalue weighted by molar-refractivity contribution is 0.171. The van der Waals surface area contributed by atoms with E-state index in [4.69, 9.17) is 9.26 Å². The van der Waals surface area contributed by atoms with E-state index in [9.17, 15) is 0 Å². The second-order valence-corrected chi connectivity index (χ2v) is 5.13. The highest BCUT2D eigenvalue weighted by Crippen LogP contribution is 2.13. The van der Waals surface area contributed by atoms with Crippen molar-refractivity contribution in [1.29, 1.82) is 0 Å². The maximum absolute atomic E-state index is 5.20. The van der Waals surface area contributed by atoms with Crippen LogP contribution in [0.3, 0.4) is 0 Å². The van der Waals surface area contributed by atoms with Gasteiger partial charge in [0.1, 0.15) is 0 Å². The minimum Gasteiger partial charge on any atom is -0.383 e. The summed E-state index contributed by atoms with van der Waals surface area (Å²) in [6, 6.07) is 4.35. The average Bonchev–Trinajstić information content (AvgIpc) is 2.99. The van der Waals surface area contributed by atoms with E-state index in [-0.39, 0.29) is 6.04 Å². The van der Waals surface area contributed by atoms with Gasteiger partial charge in [-0.05, 0) is 18.4 Å². The van der Waals surface area contributed by atoms with Crippen molar-refractivity contribution >= 4 is 11.3 Å². The van der Waals surface area contributed by atoms with E-state index in [0.29, 0.717) is 31.3 Å². The van der Waals surface area contributed by atoms with Crippen LogP contribution in [0, 0.1) is 0 Å². The molecule has 98 valence electrons. The van der Waals surface area contributed by atoms with E-state index in [0.717, 1.165) is 0 Å². The van der Waals surface area contributed by atoms with Crippen LogP contribution in [-0.4, -0.2) is 29.9 Å². The van der Waals surface area contributed by atoms with Crippen molar-refractivity contribution in [2.75, 3.05) is 13.7 Å². The van der Waals surface area contributed by atoms with Gasteiger partial charge in [-0.3, -0.25) is 0 Å². The molecule has 0 bridgehead atoms. The number of nitrogens with zero attached hydrogens (tertiary/aromatic N) is 2. The molecule has 2 aromatic heterocycles. The Hall–Kier alpha value is -1.24. The zero-order valence-corrected chi connectivity index (χ0v) is 11.4. The van der Waals surface area contributed by atoms with Gasteiger partial charge < -0.3 is 14.6 Å². The van der Waals surface area contributed by atoms with Gasteiger partial charge in [0.25, 0.3) is 0 Å². The molecule has 2 aromatic rings. The topological polar surface area (TPSA) is 60.2 Å². The molecule has 6 heteroatoms. The molecule has 5 nitrogen and oxygen atoms in total. The minimum absolute atomic E-state index is 0.272. The molecule has 0 aliphatic heterocycles. The smallest absolute Gasteiger partial charge is 0.231 e. The van der Waals surface area contributed by atoms with Crippen LogP contribution in [0.15, 0.2) is 22.0 Å². The first-order chi connectivity index (χ1) is 8.78. The second kappa shape index (κ2) is 6.63. The quantitative estimate of drug-likeness (QED) is 0.829. The van der Waals surface area contributed by atoms with Gasteiger partial charge in [0, 0.05) is 18.0 Å². The Morgan fingerprint density at radius 3 is 3.17 bits per heavy atom. The molecular weight excluding hydrogens is 250 g/mol. The van der Waals surface area contributed by atoms with E-state index >= 15 is 0 Å². The van der Waals surface area contributed by atoms with Crippen molar-refractivity contribution < 1.29 is 9.26 Å². The van der Waals surface area contributed by atoms with Crippen LogP contribution < -0.4 is 5.32 Å². The number of ether oxygens (including phenoxy) is 1. The Labute approximate surface area is 110 Å². The van der Waals surface area contributed by atoms with Gasteiger partial charge in [-0.25, -0.2) is 0 Å². The zero-order chi connectivity index (χ0) is 12.8. The number of nitrogens with one attached hydrogen (secondary N) is 1. The summed E-state index contributed by atoms with van der Waals surface area (Å²) in [5, 5.41) is 9.25. The molecule has 18 heavy (non-hydrogen) atoms. The first kappa shape index (κ1) is 13.2. The van der Waals surface area contributed by atoms with Crippen LogP contribution in [-0.2, 0) is 17.7 Å². The van der Waals surface area contributed by atoms with Crippen LogP contribution in [0.2, 0.25) is 0 Å².